The molecule has 4 aromatic rings. The predicted octanol–water partition coefficient (Wildman–Crippen LogP) is 3.26. The first-order valence-corrected chi connectivity index (χ1v) is 8.36. The fourth-order valence-corrected chi connectivity index (χ4v) is 3.51. The summed E-state index contributed by atoms with van der Waals surface area (Å²) >= 11 is 1.37. The van der Waals surface area contributed by atoms with Gasteiger partial charge in [0.05, 0.1) is 30.4 Å². The number of nitrogens with one attached hydrogen (secondary N) is 1. The Morgan fingerprint density at radius 1 is 1.32 bits per heavy atom. The van der Waals surface area contributed by atoms with Crippen molar-refractivity contribution in [2.24, 2.45) is 0 Å². The molecule has 0 fully saturated rings. The molecule has 4 heterocycles. The van der Waals surface area contributed by atoms with Gasteiger partial charge in [-0.25, -0.2) is 9.97 Å². The summed E-state index contributed by atoms with van der Waals surface area (Å²) in [5.41, 5.74) is 3.32. The van der Waals surface area contributed by atoms with E-state index in [9.17, 15) is 5.26 Å². The largest absolute Gasteiger partial charge is 0.346 e. The fourth-order valence-electron chi connectivity index (χ4n) is 2.77. The number of aromatic nitrogens is 5. The van der Waals surface area contributed by atoms with Gasteiger partial charge >= 0.3 is 0 Å². The zero-order valence-electron chi connectivity index (χ0n) is 12.9. The van der Waals surface area contributed by atoms with Crippen molar-refractivity contribution in [2.45, 2.75) is 12.5 Å². The smallest absolute Gasteiger partial charge is 0.141 e. The first-order chi connectivity index (χ1) is 12.3. The summed E-state index contributed by atoms with van der Waals surface area (Å²) in [5, 5.41) is 25.5. The summed E-state index contributed by atoms with van der Waals surface area (Å²) in [4.78, 5) is 12.2. The summed E-state index contributed by atoms with van der Waals surface area (Å²) in [6.07, 6.45) is 7.21. The van der Waals surface area contributed by atoms with Crippen LogP contribution in [-0.2, 0) is 0 Å². The second-order valence-corrected chi connectivity index (χ2v) is 6.32. The third-order valence-electron chi connectivity index (χ3n) is 3.95. The van der Waals surface area contributed by atoms with Crippen molar-refractivity contribution in [3.8, 4) is 23.4 Å². The molecule has 0 aromatic carbocycles. The van der Waals surface area contributed by atoms with Gasteiger partial charge in [-0.15, -0.1) is 11.3 Å². The van der Waals surface area contributed by atoms with E-state index < -0.39 is 0 Å². The average molecular weight is 345 g/mol. The zero-order chi connectivity index (χ0) is 17.2. The van der Waals surface area contributed by atoms with Crippen LogP contribution < -0.4 is 0 Å². The molecule has 0 aliphatic rings. The topological polar surface area (TPSA) is 107 Å². The Kier molecular flexibility index (Phi) is 3.73. The Morgan fingerprint density at radius 3 is 3.04 bits per heavy atom. The number of fused-ring (bicyclic) bond motifs is 1. The van der Waals surface area contributed by atoms with Gasteiger partial charge in [-0.2, -0.15) is 15.6 Å². The van der Waals surface area contributed by atoms with Crippen LogP contribution in [0.25, 0.3) is 22.3 Å². The minimum absolute atomic E-state index is 0.236. The van der Waals surface area contributed by atoms with E-state index in [1.54, 1.807) is 10.9 Å². The second-order valence-electron chi connectivity index (χ2n) is 5.41. The summed E-state index contributed by atoms with van der Waals surface area (Å²) in [7, 11) is 0. The van der Waals surface area contributed by atoms with E-state index in [4.69, 9.17) is 5.26 Å². The minimum Gasteiger partial charge on any atom is -0.346 e. The molecule has 0 radical (unpaired) electrons. The van der Waals surface area contributed by atoms with Crippen LogP contribution in [0.5, 0.6) is 0 Å². The van der Waals surface area contributed by atoms with Crippen molar-refractivity contribution in [1.82, 2.24) is 24.7 Å². The molecule has 0 spiro atoms. The molecule has 120 valence electrons. The Hall–Kier alpha value is -3.49. The Morgan fingerprint density at radius 2 is 2.24 bits per heavy atom. The van der Waals surface area contributed by atoms with Crippen LogP contribution in [0.1, 0.15) is 22.9 Å². The van der Waals surface area contributed by atoms with E-state index in [1.165, 1.54) is 17.7 Å². The lowest BCUT2D eigenvalue weighted by atomic mass is 10.1. The lowest BCUT2D eigenvalue weighted by Gasteiger charge is -2.12. The van der Waals surface area contributed by atoms with E-state index in [0.717, 1.165) is 27.9 Å². The normalized spacial score (nSPS) is 11.9. The molecule has 25 heavy (non-hydrogen) atoms. The molecular weight excluding hydrogens is 334 g/mol. The molecule has 1 atom stereocenters. The molecule has 8 heteroatoms. The number of hydrogen-bond acceptors (Lipinski definition) is 6. The predicted molar refractivity (Wildman–Crippen MR) is 92.5 cm³/mol. The number of H-pyrrole nitrogens is 1. The third kappa shape index (κ3) is 2.65. The molecule has 0 aliphatic carbocycles. The highest BCUT2D eigenvalue weighted by atomic mass is 32.1. The number of aromatic amines is 1. The molecular formula is C17H11N7S. The van der Waals surface area contributed by atoms with Crippen LogP contribution in [0.15, 0.2) is 42.4 Å². The van der Waals surface area contributed by atoms with Crippen molar-refractivity contribution in [1.29, 1.82) is 10.5 Å². The Labute approximate surface area is 146 Å². The van der Waals surface area contributed by atoms with Crippen LogP contribution >= 0.6 is 11.3 Å². The molecule has 7 nitrogen and oxygen atoms in total. The standard InChI is InChI=1S/C17H11N7S/c18-3-1-15(11-5-13(6-19)25-9-11)24-8-12(7-23-24)16-14-2-4-20-17(14)22-10-21-16/h2,4-5,7-10,15H,1H2,(H,20,21,22). The summed E-state index contributed by atoms with van der Waals surface area (Å²) in [6, 6.07) is 7.82. The van der Waals surface area contributed by atoms with Gasteiger partial charge in [-0.3, -0.25) is 4.68 Å². The maximum absolute atomic E-state index is 9.18. The first-order valence-electron chi connectivity index (χ1n) is 7.48. The highest BCUT2D eigenvalue weighted by Crippen LogP contribution is 2.29. The number of rotatable bonds is 4. The van der Waals surface area contributed by atoms with E-state index in [0.29, 0.717) is 4.88 Å². The third-order valence-corrected chi connectivity index (χ3v) is 4.80. The summed E-state index contributed by atoms with van der Waals surface area (Å²) in [5.74, 6) is 0. The van der Waals surface area contributed by atoms with E-state index >= 15 is 0 Å². The summed E-state index contributed by atoms with van der Waals surface area (Å²) < 4.78 is 1.75. The van der Waals surface area contributed by atoms with Gasteiger partial charge in [0.25, 0.3) is 0 Å². The Balaban J connectivity index is 1.75. The molecule has 1 N–H and O–H groups in total. The van der Waals surface area contributed by atoms with Gasteiger partial charge in [0.1, 0.15) is 22.9 Å². The van der Waals surface area contributed by atoms with Gasteiger partial charge in [0.15, 0.2) is 0 Å². The molecule has 0 saturated carbocycles. The van der Waals surface area contributed by atoms with Crippen LogP contribution in [0.2, 0.25) is 0 Å². The molecule has 0 aliphatic heterocycles. The second kappa shape index (κ2) is 6.19. The molecule has 4 rings (SSSR count). The molecule has 4 aromatic heterocycles. The lowest BCUT2D eigenvalue weighted by molar-refractivity contribution is 0.534. The monoisotopic (exact) mass is 345 g/mol. The molecule has 0 bridgehead atoms. The number of nitriles is 2. The van der Waals surface area contributed by atoms with Crippen LogP contribution in [0.3, 0.4) is 0 Å². The molecule has 0 amide bonds. The number of thiophene rings is 1. The quantitative estimate of drug-likeness (QED) is 0.611. The zero-order valence-corrected chi connectivity index (χ0v) is 13.7. The van der Waals surface area contributed by atoms with Gasteiger partial charge in [0, 0.05) is 23.3 Å². The SMILES string of the molecule is N#CCC(c1csc(C#N)c1)n1cc(-c2ncnc3[nH]ccc23)cn1. The van der Waals surface area contributed by atoms with Crippen molar-refractivity contribution < 1.29 is 0 Å². The van der Waals surface area contributed by atoms with E-state index in [-0.39, 0.29) is 12.5 Å². The van der Waals surface area contributed by atoms with Crippen LogP contribution in [0.4, 0.5) is 0 Å². The number of hydrogen-bond donors (Lipinski definition) is 1. The van der Waals surface area contributed by atoms with E-state index in [1.807, 2.05) is 29.9 Å². The molecule has 0 saturated heterocycles. The summed E-state index contributed by atoms with van der Waals surface area (Å²) in [6.45, 7) is 0. The highest BCUT2D eigenvalue weighted by molar-refractivity contribution is 7.10. The van der Waals surface area contributed by atoms with Crippen LogP contribution in [0, 0.1) is 22.7 Å². The number of nitrogens with zero attached hydrogens (tertiary/aromatic N) is 6. The molecule has 1 unspecified atom stereocenters. The lowest BCUT2D eigenvalue weighted by Crippen LogP contribution is -2.09. The van der Waals surface area contributed by atoms with Crippen molar-refractivity contribution in [3.63, 3.8) is 0 Å². The van der Waals surface area contributed by atoms with Crippen molar-refractivity contribution >= 4 is 22.4 Å². The fraction of sp³-hybridized carbons (Fsp3) is 0.118. The van der Waals surface area contributed by atoms with Crippen molar-refractivity contribution in [2.75, 3.05) is 0 Å². The van der Waals surface area contributed by atoms with Gasteiger partial charge in [0.2, 0.25) is 0 Å². The van der Waals surface area contributed by atoms with Gasteiger partial charge < -0.3 is 4.98 Å². The first kappa shape index (κ1) is 15.1. The maximum Gasteiger partial charge on any atom is 0.141 e. The van der Waals surface area contributed by atoms with Crippen molar-refractivity contribution in [3.05, 3.63) is 52.9 Å². The van der Waals surface area contributed by atoms with Gasteiger partial charge in [-0.1, -0.05) is 0 Å². The average Bonchev–Trinajstić information content (AvgIpc) is 3.39. The Bertz CT molecular complexity index is 1120. The van der Waals surface area contributed by atoms with Gasteiger partial charge in [-0.05, 0) is 23.1 Å². The highest BCUT2D eigenvalue weighted by Gasteiger charge is 2.18. The minimum atomic E-state index is -0.236. The maximum atomic E-state index is 9.18. The van der Waals surface area contributed by atoms with Crippen LogP contribution in [-0.4, -0.2) is 24.7 Å². The van der Waals surface area contributed by atoms with E-state index in [2.05, 4.69) is 32.2 Å².